The van der Waals surface area contributed by atoms with Gasteiger partial charge in [0.25, 0.3) is 0 Å². The molecule has 35 heavy (non-hydrogen) atoms. The summed E-state index contributed by atoms with van der Waals surface area (Å²) < 4.78 is 13.4. The number of nitrogens with zero attached hydrogens (tertiary/aromatic N) is 3. The Morgan fingerprint density at radius 2 is 1.91 bits per heavy atom. The van der Waals surface area contributed by atoms with Gasteiger partial charge in [-0.2, -0.15) is 0 Å². The van der Waals surface area contributed by atoms with Crippen molar-refractivity contribution in [2.45, 2.75) is 44.7 Å². The summed E-state index contributed by atoms with van der Waals surface area (Å²) in [5.41, 5.74) is 2.34. The number of rotatable bonds is 7. The van der Waals surface area contributed by atoms with E-state index in [1.807, 2.05) is 35.2 Å². The summed E-state index contributed by atoms with van der Waals surface area (Å²) in [6, 6.07) is 14.3. The number of hydrogen-bond donors (Lipinski definition) is 2. The summed E-state index contributed by atoms with van der Waals surface area (Å²) in [7, 11) is 0. The van der Waals surface area contributed by atoms with E-state index in [2.05, 4.69) is 15.6 Å². The third-order valence-electron chi connectivity index (χ3n) is 6.79. The molecule has 182 valence electrons. The van der Waals surface area contributed by atoms with Crippen molar-refractivity contribution >= 4 is 29.1 Å². The monoisotopic (exact) mass is 493 g/mol. The van der Waals surface area contributed by atoms with E-state index in [1.54, 1.807) is 12.3 Å². The van der Waals surface area contributed by atoms with Gasteiger partial charge in [-0.05, 0) is 68.0 Å². The zero-order valence-corrected chi connectivity index (χ0v) is 20.3. The summed E-state index contributed by atoms with van der Waals surface area (Å²) in [6.07, 6.45) is 6.55. The number of hydrogen-bond acceptors (Lipinski definition) is 5. The van der Waals surface area contributed by atoms with Crippen molar-refractivity contribution in [1.82, 2.24) is 14.9 Å². The molecule has 2 atom stereocenters. The Labute approximate surface area is 209 Å². The van der Waals surface area contributed by atoms with E-state index in [1.165, 1.54) is 12.1 Å². The Hall–Kier alpha value is -3.19. The normalized spacial score (nSPS) is 19.7. The Balaban J connectivity index is 1.25. The van der Waals surface area contributed by atoms with Gasteiger partial charge in [0.1, 0.15) is 17.5 Å². The van der Waals surface area contributed by atoms with Gasteiger partial charge in [-0.1, -0.05) is 29.8 Å². The lowest BCUT2D eigenvalue weighted by molar-refractivity contribution is -0.134. The molecular weight excluding hydrogens is 465 g/mol. The number of nitrogens with one attached hydrogen (secondary N) is 2. The Bertz CT molecular complexity index is 1200. The lowest BCUT2D eigenvalue weighted by Crippen LogP contribution is -2.33. The molecule has 8 heteroatoms. The average Bonchev–Trinajstić information content (AvgIpc) is 3.57. The van der Waals surface area contributed by atoms with Crippen LogP contribution in [0.25, 0.3) is 11.3 Å². The highest BCUT2D eigenvalue weighted by molar-refractivity contribution is 6.33. The van der Waals surface area contributed by atoms with Gasteiger partial charge < -0.3 is 15.5 Å². The highest BCUT2D eigenvalue weighted by atomic mass is 35.5. The van der Waals surface area contributed by atoms with Gasteiger partial charge in [0.2, 0.25) is 5.91 Å². The third-order valence-corrected chi connectivity index (χ3v) is 7.10. The SMILES string of the molecule is O=C([C@H]1CC[C@@H](Nc2cc(-c3cccc(NCc4cccc(F)c4)n3)c(Cl)cn2)C1)N1CCCC1. The summed E-state index contributed by atoms with van der Waals surface area (Å²) >= 11 is 6.48. The quantitative estimate of drug-likeness (QED) is 0.438. The van der Waals surface area contributed by atoms with Crippen LogP contribution in [0.15, 0.2) is 54.7 Å². The van der Waals surface area contributed by atoms with E-state index in [0.29, 0.717) is 23.3 Å². The molecule has 0 spiro atoms. The molecule has 1 saturated carbocycles. The molecule has 1 aliphatic heterocycles. The zero-order chi connectivity index (χ0) is 24.2. The Kier molecular flexibility index (Phi) is 7.13. The highest BCUT2D eigenvalue weighted by Crippen LogP contribution is 2.33. The van der Waals surface area contributed by atoms with Gasteiger partial charge in [-0.25, -0.2) is 14.4 Å². The fraction of sp³-hybridized carbons (Fsp3) is 0.370. The number of anilines is 2. The molecule has 2 aromatic heterocycles. The van der Waals surface area contributed by atoms with Crippen molar-refractivity contribution in [3.63, 3.8) is 0 Å². The lowest BCUT2D eigenvalue weighted by Gasteiger charge is -2.20. The fourth-order valence-corrected chi connectivity index (χ4v) is 5.18. The summed E-state index contributed by atoms with van der Waals surface area (Å²) in [6.45, 7) is 2.27. The number of halogens is 2. The molecule has 0 unspecified atom stereocenters. The zero-order valence-electron chi connectivity index (χ0n) is 19.5. The molecule has 0 bridgehead atoms. The second-order valence-corrected chi connectivity index (χ2v) is 9.73. The largest absolute Gasteiger partial charge is 0.367 e. The van der Waals surface area contributed by atoms with E-state index in [0.717, 1.165) is 67.8 Å². The molecule has 1 aliphatic carbocycles. The van der Waals surface area contributed by atoms with Crippen LogP contribution in [0.5, 0.6) is 0 Å². The number of carbonyl (C=O) groups is 1. The van der Waals surface area contributed by atoms with Crippen LogP contribution in [0.1, 0.15) is 37.7 Å². The average molecular weight is 494 g/mol. The van der Waals surface area contributed by atoms with E-state index < -0.39 is 0 Å². The van der Waals surface area contributed by atoms with Crippen LogP contribution >= 0.6 is 11.6 Å². The molecule has 1 saturated heterocycles. The topological polar surface area (TPSA) is 70.1 Å². The van der Waals surface area contributed by atoms with Gasteiger partial charge >= 0.3 is 0 Å². The van der Waals surface area contributed by atoms with Crippen LogP contribution in [0.2, 0.25) is 5.02 Å². The second-order valence-electron chi connectivity index (χ2n) is 9.32. The molecule has 1 aromatic carbocycles. The first-order valence-corrected chi connectivity index (χ1v) is 12.6. The van der Waals surface area contributed by atoms with Gasteiger partial charge in [-0.3, -0.25) is 4.79 Å². The number of pyridine rings is 2. The Morgan fingerprint density at radius 3 is 2.74 bits per heavy atom. The summed E-state index contributed by atoms with van der Waals surface area (Å²) in [5, 5.41) is 7.26. The molecule has 0 radical (unpaired) electrons. The first-order valence-electron chi connectivity index (χ1n) is 12.2. The third kappa shape index (κ3) is 5.73. The number of carbonyl (C=O) groups excluding carboxylic acids is 1. The predicted octanol–water partition coefficient (Wildman–Crippen LogP) is 5.75. The van der Waals surface area contributed by atoms with E-state index in [9.17, 15) is 9.18 Å². The Morgan fingerprint density at radius 1 is 1.09 bits per heavy atom. The molecule has 2 aliphatic rings. The molecule has 3 aromatic rings. The second kappa shape index (κ2) is 10.6. The van der Waals surface area contributed by atoms with Crippen LogP contribution in [-0.2, 0) is 11.3 Å². The van der Waals surface area contributed by atoms with Crippen molar-refractivity contribution < 1.29 is 9.18 Å². The van der Waals surface area contributed by atoms with Crippen molar-refractivity contribution in [3.8, 4) is 11.3 Å². The minimum Gasteiger partial charge on any atom is -0.367 e. The molecule has 2 N–H and O–H groups in total. The highest BCUT2D eigenvalue weighted by Gasteiger charge is 2.33. The van der Waals surface area contributed by atoms with Gasteiger partial charge in [0.15, 0.2) is 0 Å². The number of amides is 1. The number of benzene rings is 1. The van der Waals surface area contributed by atoms with Crippen molar-refractivity contribution in [2.75, 3.05) is 23.7 Å². The van der Waals surface area contributed by atoms with E-state index in [4.69, 9.17) is 16.6 Å². The number of aromatic nitrogens is 2. The van der Waals surface area contributed by atoms with Crippen LogP contribution in [0.3, 0.4) is 0 Å². The van der Waals surface area contributed by atoms with Gasteiger partial charge in [0, 0.05) is 43.4 Å². The molecule has 3 heterocycles. The molecule has 2 fully saturated rings. The minimum absolute atomic E-state index is 0.0971. The van der Waals surface area contributed by atoms with Crippen molar-refractivity contribution in [2.24, 2.45) is 5.92 Å². The van der Waals surface area contributed by atoms with E-state index in [-0.39, 0.29) is 17.8 Å². The molecule has 6 nitrogen and oxygen atoms in total. The van der Waals surface area contributed by atoms with Crippen LogP contribution in [-0.4, -0.2) is 39.9 Å². The maximum atomic E-state index is 13.4. The van der Waals surface area contributed by atoms with Crippen molar-refractivity contribution in [1.29, 1.82) is 0 Å². The van der Waals surface area contributed by atoms with Crippen LogP contribution < -0.4 is 10.6 Å². The van der Waals surface area contributed by atoms with Crippen LogP contribution in [0, 0.1) is 11.7 Å². The van der Waals surface area contributed by atoms with Crippen LogP contribution in [0.4, 0.5) is 16.0 Å². The van der Waals surface area contributed by atoms with Crippen molar-refractivity contribution in [3.05, 3.63) is 71.1 Å². The van der Waals surface area contributed by atoms with E-state index >= 15 is 0 Å². The standard InChI is InChI=1S/C27H29ClFN5O/c28-23-17-31-26(32-21-10-9-19(14-21)27(35)34-11-1-2-12-34)15-22(23)24-7-4-8-25(33-24)30-16-18-5-3-6-20(29)13-18/h3-8,13,15,17,19,21H,1-2,9-12,14,16H2,(H,30,33)(H,31,32)/t19-,21+/m0/s1. The maximum absolute atomic E-state index is 13.4. The van der Waals surface area contributed by atoms with Gasteiger partial charge in [-0.15, -0.1) is 0 Å². The number of likely N-dealkylation sites (tertiary alicyclic amines) is 1. The maximum Gasteiger partial charge on any atom is 0.225 e. The summed E-state index contributed by atoms with van der Waals surface area (Å²) in [5.74, 6) is 1.54. The fourth-order valence-electron chi connectivity index (χ4n) is 4.98. The first kappa shape index (κ1) is 23.5. The molecular formula is C27H29ClFN5O. The first-order chi connectivity index (χ1) is 17.0. The predicted molar refractivity (Wildman–Crippen MR) is 137 cm³/mol. The smallest absolute Gasteiger partial charge is 0.225 e. The molecule has 5 rings (SSSR count). The van der Waals surface area contributed by atoms with Gasteiger partial charge in [0.05, 0.1) is 10.7 Å². The lowest BCUT2D eigenvalue weighted by atomic mass is 10.1. The minimum atomic E-state index is -0.261. The molecule has 1 amide bonds. The summed E-state index contributed by atoms with van der Waals surface area (Å²) in [4.78, 5) is 23.9.